The quantitative estimate of drug-likeness (QED) is 0.771. The number of amides is 2. The lowest BCUT2D eigenvalue weighted by Gasteiger charge is -2.41. The number of carbonyl (C=O) groups excluding carboxylic acids is 2. The van der Waals surface area contributed by atoms with E-state index in [0.29, 0.717) is 13.2 Å². The molecule has 158 valence electrons. The van der Waals surface area contributed by atoms with Crippen LogP contribution in [0.15, 0.2) is 29.2 Å². The average Bonchev–Trinajstić information content (AvgIpc) is 2.76. The Morgan fingerprint density at radius 1 is 1.14 bits per heavy atom. The summed E-state index contributed by atoms with van der Waals surface area (Å²) in [4.78, 5) is 30.3. The van der Waals surface area contributed by atoms with Gasteiger partial charge in [0.25, 0.3) is 0 Å². The number of rotatable bonds is 4. The molecule has 1 aromatic carbocycles. The maximum atomic E-state index is 13.1. The molecule has 0 spiro atoms. The van der Waals surface area contributed by atoms with Crippen LogP contribution in [0.1, 0.15) is 32.1 Å². The minimum Gasteiger partial charge on any atom is -0.381 e. The molecule has 2 saturated heterocycles. The number of benzene rings is 1. The zero-order valence-electron chi connectivity index (χ0n) is 16.6. The van der Waals surface area contributed by atoms with E-state index in [1.165, 1.54) is 11.8 Å². The molecule has 0 bridgehead atoms. The molecule has 2 amide bonds. The fourth-order valence-corrected chi connectivity index (χ4v) is 5.47. The van der Waals surface area contributed by atoms with Gasteiger partial charge in [-0.2, -0.15) is 0 Å². The summed E-state index contributed by atoms with van der Waals surface area (Å²) in [6.45, 7) is 2.83. The van der Waals surface area contributed by atoms with Gasteiger partial charge in [0, 0.05) is 37.2 Å². The Balaban J connectivity index is 1.49. The summed E-state index contributed by atoms with van der Waals surface area (Å²) >= 11 is 1.40. The number of nitrogens with zero attached hydrogens (tertiary/aromatic N) is 2. The monoisotopic (exact) mass is 419 g/mol. The van der Waals surface area contributed by atoms with Gasteiger partial charge >= 0.3 is 0 Å². The van der Waals surface area contributed by atoms with Crippen LogP contribution in [0.25, 0.3) is 0 Å². The third-order valence-corrected chi connectivity index (χ3v) is 7.13. The normalized spacial score (nSPS) is 25.4. The lowest BCUT2D eigenvalue weighted by atomic mass is 10.1. The summed E-state index contributed by atoms with van der Waals surface area (Å²) in [5, 5.41) is 13.5. The molecule has 7 nitrogen and oxygen atoms in total. The molecule has 0 aliphatic carbocycles. The number of ether oxygens (including phenoxy) is 1. The van der Waals surface area contributed by atoms with Gasteiger partial charge in [0.05, 0.1) is 12.2 Å². The second kappa shape index (κ2) is 9.36. The Hall–Kier alpha value is -1.77. The molecule has 2 N–H and O–H groups in total. The maximum absolute atomic E-state index is 13.1. The van der Waals surface area contributed by atoms with Gasteiger partial charge in [0.15, 0.2) is 0 Å². The molecule has 3 heterocycles. The molecule has 3 aliphatic heterocycles. The van der Waals surface area contributed by atoms with Gasteiger partial charge in [-0.1, -0.05) is 12.1 Å². The number of hydrogen-bond donors (Lipinski definition) is 2. The Kier molecular flexibility index (Phi) is 6.62. The van der Waals surface area contributed by atoms with Crippen LogP contribution in [0.2, 0.25) is 0 Å². The van der Waals surface area contributed by atoms with E-state index in [0.717, 1.165) is 55.8 Å². The first-order valence-electron chi connectivity index (χ1n) is 10.5. The van der Waals surface area contributed by atoms with Gasteiger partial charge in [0.2, 0.25) is 11.8 Å². The van der Waals surface area contributed by atoms with Gasteiger partial charge < -0.3 is 25.0 Å². The largest absolute Gasteiger partial charge is 0.381 e. The molecule has 8 heteroatoms. The molecule has 1 aromatic rings. The molecular weight excluding hydrogens is 390 g/mol. The van der Waals surface area contributed by atoms with Crippen molar-refractivity contribution in [2.45, 2.75) is 54.5 Å². The van der Waals surface area contributed by atoms with Gasteiger partial charge in [-0.3, -0.25) is 9.59 Å². The van der Waals surface area contributed by atoms with Gasteiger partial charge in [-0.25, -0.2) is 0 Å². The van der Waals surface area contributed by atoms with Crippen LogP contribution in [-0.4, -0.2) is 72.2 Å². The highest BCUT2D eigenvalue weighted by molar-refractivity contribution is 8.01. The number of para-hydroxylation sites is 1. The first-order valence-corrected chi connectivity index (χ1v) is 11.4. The number of aliphatic hydroxyl groups is 1. The second-order valence-corrected chi connectivity index (χ2v) is 9.07. The smallest absolute Gasteiger partial charge is 0.240 e. The highest BCUT2D eigenvalue weighted by Gasteiger charge is 2.41. The van der Waals surface area contributed by atoms with Crippen LogP contribution >= 0.6 is 11.8 Å². The molecule has 3 aliphatic rings. The number of anilines is 1. The summed E-state index contributed by atoms with van der Waals surface area (Å²) in [5.41, 5.74) is 0.801. The van der Waals surface area contributed by atoms with E-state index in [1.807, 2.05) is 29.2 Å². The molecule has 2 unspecified atom stereocenters. The van der Waals surface area contributed by atoms with Crippen LogP contribution < -0.4 is 10.2 Å². The Morgan fingerprint density at radius 3 is 2.62 bits per heavy atom. The van der Waals surface area contributed by atoms with Gasteiger partial charge in [-0.05, 0) is 44.2 Å². The van der Waals surface area contributed by atoms with Crippen LogP contribution in [0.4, 0.5) is 5.69 Å². The number of hydrogen-bond acceptors (Lipinski definition) is 6. The molecule has 0 radical (unpaired) electrons. The van der Waals surface area contributed by atoms with E-state index in [2.05, 4.69) is 5.32 Å². The Morgan fingerprint density at radius 2 is 1.86 bits per heavy atom. The molecule has 0 aromatic heterocycles. The number of thioether (sulfide) groups is 1. The van der Waals surface area contributed by atoms with E-state index in [9.17, 15) is 14.7 Å². The van der Waals surface area contributed by atoms with E-state index in [4.69, 9.17) is 4.74 Å². The van der Waals surface area contributed by atoms with Crippen LogP contribution in [-0.2, 0) is 14.3 Å². The van der Waals surface area contributed by atoms with E-state index in [-0.39, 0.29) is 24.4 Å². The molecule has 4 rings (SSSR count). The lowest BCUT2D eigenvalue weighted by molar-refractivity contribution is -0.133. The summed E-state index contributed by atoms with van der Waals surface area (Å²) in [6, 6.07) is 7.77. The number of nitrogens with one attached hydrogen (secondary N) is 1. The average molecular weight is 420 g/mol. The summed E-state index contributed by atoms with van der Waals surface area (Å²) < 4.78 is 5.35. The number of likely N-dealkylation sites (tertiary alicyclic amines) is 1. The summed E-state index contributed by atoms with van der Waals surface area (Å²) in [6.07, 6.45) is 3.73. The van der Waals surface area contributed by atoms with Crippen molar-refractivity contribution in [2.24, 2.45) is 0 Å². The van der Waals surface area contributed by atoms with Crippen molar-refractivity contribution in [3.63, 3.8) is 0 Å². The van der Waals surface area contributed by atoms with Crippen molar-refractivity contribution < 1.29 is 19.4 Å². The van der Waals surface area contributed by atoms with Crippen molar-refractivity contribution in [3.8, 4) is 0 Å². The third kappa shape index (κ3) is 4.70. The number of fused-ring (bicyclic) bond motifs is 1. The fraction of sp³-hybridized carbons (Fsp3) is 0.619. The van der Waals surface area contributed by atoms with Crippen LogP contribution in [0.3, 0.4) is 0 Å². The van der Waals surface area contributed by atoms with Crippen molar-refractivity contribution >= 4 is 29.3 Å². The topological polar surface area (TPSA) is 82.1 Å². The fourth-order valence-electron chi connectivity index (χ4n) is 4.22. The highest BCUT2D eigenvalue weighted by atomic mass is 32.2. The van der Waals surface area contributed by atoms with Crippen molar-refractivity contribution in [1.82, 2.24) is 10.2 Å². The van der Waals surface area contributed by atoms with Crippen molar-refractivity contribution in [3.05, 3.63) is 24.3 Å². The summed E-state index contributed by atoms with van der Waals surface area (Å²) in [7, 11) is 0. The van der Waals surface area contributed by atoms with E-state index >= 15 is 0 Å². The number of carbonyl (C=O) groups is 2. The van der Waals surface area contributed by atoms with E-state index < -0.39 is 11.5 Å². The van der Waals surface area contributed by atoms with Gasteiger partial charge in [-0.15, -0.1) is 11.8 Å². The lowest BCUT2D eigenvalue weighted by Crippen LogP contribution is -2.56. The van der Waals surface area contributed by atoms with Gasteiger partial charge in [0.1, 0.15) is 11.5 Å². The minimum atomic E-state index is -1.04. The van der Waals surface area contributed by atoms with Crippen molar-refractivity contribution in [2.75, 3.05) is 37.7 Å². The third-order valence-electron chi connectivity index (χ3n) is 5.83. The molecule has 2 fully saturated rings. The zero-order chi connectivity index (χ0) is 20.2. The Bertz CT molecular complexity index is 734. The first-order chi connectivity index (χ1) is 14.1. The predicted molar refractivity (Wildman–Crippen MR) is 112 cm³/mol. The SMILES string of the molecule is O=C(CN1c2ccccc2SC(C(=O)N2CCCCC2)C1O)NC1CCOCC1. The molecule has 2 atom stereocenters. The number of aliphatic hydroxyl groups excluding tert-OH is 1. The van der Waals surface area contributed by atoms with E-state index in [1.54, 1.807) is 4.90 Å². The van der Waals surface area contributed by atoms with Crippen LogP contribution in [0, 0.1) is 0 Å². The highest BCUT2D eigenvalue weighted by Crippen LogP contribution is 2.41. The zero-order valence-corrected chi connectivity index (χ0v) is 17.4. The van der Waals surface area contributed by atoms with Crippen LogP contribution in [0.5, 0.6) is 0 Å². The standard InChI is InChI=1S/C21H29N3O4S/c25-18(22-15-8-12-28-13-9-15)14-24-16-6-2-3-7-17(16)29-19(21(24)27)20(26)23-10-4-1-5-11-23/h2-3,6-7,15,19,21,27H,1,4-5,8-14H2,(H,22,25). The van der Waals surface area contributed by atoms with Crippen molar-refractivity contribution in [1.29, 1.82) is 0 Å². The number of piperidine rings is 1. The Labute approximate surface area is 175 Å². The first kappa shape index (κ1) is 20.5. The predicted octanol–water partition coefficient (Wildman–Crippen LogP) is 1.59. The minimum absolute atomic E-state index is 0.0277. The maximum Gasteiger partial charge on any atom is 0.240 e. The molecular formula is C21H29N3O4S. The summed E-state index contributed by atoms with van der Waals surface area (Å²) in [5.74, 6) is -0.173. The second-order valence-electron chi connectivity index (χ2n) is 7.89. The molecule has 0 saturated carbocycles. The molecule has 29 heavy (non-hydrogen) atoms.